The van der Waals surface area contributed by atoms with Crippen LogP contribution in [0.2, 0.25) is 10.0 Å². The fourth-order valence-electron chi connectivity index (χ4n) is 1.99. The zero-order valence-electron chi connectivity index (χ0n) is 12.5. The molecule has 2 rings (SSSR count). The third-order valence-corrected chi connectivity index (χ3v) is 4.85. The zero-order valence-corrected chi connectivity index (χ0v) is 14.8. The van der Waals surface area contributed by atoms with Gasteiger partial charge in [-0.25, -0.2) is 4.39 Å². The van der Waals surface area contributed by atoms with Crippen LogP contribution >= 0.6 is 35.0 Å². The summed E-state index contributed by atoms with van der Waals surface area (Å²) in [6, 6.07) is 12.6. The van der Waals surface area contributed by atoms with Crippen molar-refractivity contribution in [2.75, 3.05) is 17.2 Å². The van der Waals surface area contributed by atoms with Gasteiger partial charge in [0.2, 0.25) is 5.91 Å². The Hall–Kier alpha value is -1.74. The van der Waals surface area contributed by atoms with Gasteiger partial charge >= 0.3 is 0 Å². The van der Waals surface area contributed by atoms with Gasteiger partial charge in [-0.3, -0.25) is 4.79 Å². The minimum absolute atomic E-state index is 0.128. The third-order valence-electron chi connectivity index (χ3n) is 3.13. The molecule has 124 valence electrons. The molecule has 0 N–H and O–H groups in total. The van der Waals surface area contributed by atoms with E-state index >= 15 is 0 Å². The van der Waals surface area contributed by atoms with E-state index in [0.717, 1.165) is 0 Å². The van der Waals surface area contributed by atoms with E-state index in [4.69, 9.17) is 28.5 Å². The summed E-state index contributed by atoms with van der Waals surface area (Å²) < 4.78 is 13.1. The van der Waals surface area contributed by atoms with E-state index in [1.807, 2.05) is 6.07 Å². The van der Waals surface area contributed by atoms with E-state index in [2.05, 4.69) is 0 Å². The second-order valence-corrected chi connectivity index (χ2v) is 6.65. The van der Waals surface area contributed by atoms with Crippen LogP contribution in [0.1, 0.15) is 6.42 Å². The average molecular weight is 383 g/mol. The molecule has 0 aliphatic carbocycles. The maximum atomic E-state index is 13.1. The number of amides is 1. The predicted octanol–water partition coefficient (Wildman–Crippen LogP) is 5.17. The smallest absolute Gasteiger partial charge is 0.237 e. The molecule has 0 heterocycles. The molecule has 0 fully saturated rings. The van der Waals surface area contributed by atoms with Gasteiger partial charge in [0.05, 0.1) is 23.3 Å². The highest BCUT2D eigenvalue weighted by molar-refractivity contribution is 8.00. The van der Waals surface area contributed by atoms with Crippen LogP contribution < -0.4 is 4.90 Å². The number of anilines is 1. The average Bonchev–Trinajstić information content (AvgIpc) is 2.57. The number of halogens is 3. The van der Waals surface area contributed by atoms with E-state index in [1.165, 1.54) is 40.9 Å². The Bertz CT molecular complexity index is 762. The second-order valence-electron chi connectivity index (χ2n) is 4.79. The summed E-state index contributed by atoms with van der Waals surface area (Å²) in [6.07, 6.45) is 0.186. The van der Waals surface area contributed by atoms with E-state index in [1.54, 1.807) is 18.2 Å². The maximum Gasteiger partial charge on any atom is 0.237 e. The van der Waals surface area contributed by atoms with Gasteiger partial charge in [0.25, 0.3) is 0 Å². The molecular weight excluding hydrogens is 370 g/mol. The molecule has 2 aromatic carbocycles. The Morgan fingerprint density at radius 3 is 2.58 bits per heavy atom. The normalized spacial score (nSPS) is 10.2. The summed E-state index contributed by atoms with van der Waals surface area (Å²) in [5.41, 5.74) is 0.550. The van der Waals surface area contributed by atoms with Gasteiger partial charge in [-0.15, -0.1) is 11.8 Å². The van der Waals surface area contributed by atoms with Crippen molar-refractivity contribution in [1.29, 1.82) is 5.26 Å². The lowest BCUT2D eigenvalue weighted by Crippen LogP contribution is -2.33. The molecule has 0 radical (unpaired) electrons. The second kappa shape index (κ2) is 8.93. The minimum atomic E-state index is -0.383. The van der Waals surface area contributed by atoms with Crippen molar-refractivity contribution in [2.45, 2.75) is 11.3 Å². The molecule has 1 amide bonds. The van der Waals surface area contributed by atoms with Crippen LogP contribution in [0.5, 0.6) is 0 Å². The highest BCUT2D eigenvalue weighted by atomic mass is 35.5. The summed E-state index contributed by atoms with van der Waals surface area (Å²) in [4.78, 5) is 14.7. The van der Waals surface area contributed by atoms with Crippen molar-refractivity contribution in [3.8, 4) is 6.07 Å². The summed E-state index contributed by atoms with van der Waals surface area (Å²) in [5, 5.41) is 9.83. The molecule has 0 aliphatic heterocycles. The number of carbonyl (C=O) groups excluding carboxylic acids is 1. The van der Waals surface area contributed by atoms with Crippen molar-refractivity contribution in [3.05, 3.63) is 58.3 Å². The Labute approximate surface area is 154 Å². The van der Waals surface area contributed by atoms with Crippen LogP contribution in [0.4, 0.5) is 10.1 Å². The standard InChI is InChI=1S/C17H13Cl2FN2OS/c18-12-2-7-15(19)16(10-12)24-11-17(23)22(9-1-8-21)14-5-3-13(20)4-6-14/h2-7,10H,1,9,11H2. The molecule has 0 spiro atoms. The molecule has 2 aromatic rings. The topological polar surface area (TPSA) is 44.1 Å². The van der Waals surface area contributed by atoms with Crippen LogP contribution in [-0.4, -0.2) is 18.2 Å². The number of nitriles is 1. The fourth-order valence-corrected chi connectivity index (χ4v) is 3.35. The van der Waals surface area contributed by atoms with E-state index in [-0.39, 0.29) is 30.4 Å². The lowest BCUT2D eigenvalue weighted by atomic mass is 10.2. The highest BCUT2D eigenvalue weighted by Crippen LogP contribution is 2.30. The molecule has 0 bridgehead atoms. The summed E-state index contributed by atoms with van der Waals surface area (Å²) in [6.45, 7) is 0.241. The number of nitrogens with zero attached hydrogens (tertiary/aromatic N) is 2. The highest BCUT2D eigenvalue weighted by Gasteiger charge is 2.16. The Morgan fingerprint density at radius 2 is 1.92 bits per heavy atom. The van der Waals surface area contributed by atoms with E-state index in [0.29, 0.717) is 20.6 Å². The van der Waals surface area contributed by atoms with Crippen LogP contribution in [0.3, 0.4) is 0 Å². The minimum Gasteiger partial charge on any atom is -0.311 e. The third kappa shape index (κ3) is 5.13. The van der Waals surface area contributed by atoms with Gasteiger partial charge in [-0.2, -0.15) is 5.26 Å². The van der Waals surface area contributed by atoms with E-state index < -0.39 is 0 Å². The molecule has 0 saturated heterocycles. The monoisotopic (exact) mass is 382 g/mol. The predicted molar refractivity (Wildman–Crippen MR) is 96.2 cm³/mol. The van der Waals surface area contributed by atoms with E-state index in [9.17, 15) is 9.18 Å². The number of carbonyl (C=O) groups is 1. The number of thioether (sulfide) groups is 1. The van der Waals surface area contributed by atoms with Gasteiger partial charge in [0.15, 0.2) is 0 Å². The molecule has 0 saturated carbocycles. The van der Waals surface area contributed by atoms with Crippen molar-refractivity contribution >= 4 is 46.6 Å². The number of hydrogen-bond donors (Lipinski definition) is 0. The first-order chi connectivity index (χ1) is 11.5. The van der Waals surface area contributed by atoms with Gasteiger partial charge in [0.1, 0.15) is 5.82 Å². The molecule has 0 aliphatic rings. The first-order valence-electron chi connectivity index (χ1n) is 7.02. The lowest BCUT2D eigenvalue weighted by molar-refractivity contribution is -0.116. The van der Waals surface area contributed by atoms with Crippen LogP contribution in [0.25, 0.3) is 0 Å². The SMILES string of the molecule is N#CCCN(C(=O)CSc1cc(Cl)ccc1Cl)c1ccc(F)cc1. The summed E-state index contributed by atoms with van der Waals surface area (Å²) in [5.74, 6) is -0.451. The van der Waals surface area contributed by atoms with Gasteiger partial charge < -0.3 is 4.90 Å². The molecule has 0 aromatic heterocycles. The largest absolute Gasteiger partial charge is 0.311 e. The molecular formula is C17H13Cl2FN2OS. The Morgan fingerprint density at radius 1 is 1.21 bits per heavy atom. The van der Waals surface area contributed by atoms with Crippen LogP contribution in [0.15, 0.2) is 47.4 Å². The lowest BCUT2D eigenvalue weighted by Gasteiger charge is -2.21. The molecule has 7 heteroatoms. The fraction of sp³-hybridized carbons (Fsp3) is 0.176. The van der Waals surface area contributed by atoms with Crippen LogP contribution in [-0.2, 0) is 4.79 Å². The van der Waals surface area contributed by atoms with Gasteiger partial charge in [0, 0.05) is 22.2 Å². The van der Waals surface area contributed by atoms with Gasteiger partial charge in [-0.1, -0.05) is 23.2 Å². The summed E-state index contributed by atoms with van der Waals surface area (Å²) in [7, 11) is 0. The summed E-state index contributed by atoms with van der Waals surface area (Å²) >= 11 is 13.3. The van der Waals surface area contributed by atoms with Crippen molar-refractivity contribution in [2.24, 2.45) is 0 Å². The first-order valence-corrected chi connectivity index (χ1v) is 8.76. The van der Waals surface area contributed by atoms with Crippen LogP contribution in [0, 0.1) is 17.1 Å². The van der Waals surface area contributed by atoms with Crippen molar-refractivity contribution in [1.82, 2.24) is 0 Å². The number of rotatable bonds is 6. The number of benzene rings is 2. The number of hydrogen-bond acceptors (Lipinski definition) is 3. The molecule has 3 nitrogen and oxygen atoms in total. The van der Waals surface area contributed by atoms with Crippen molar-refractivity contribution in [3.63, 3.8) is 0 Å². The maximum absolute atomic E-state index is 13.1. The molecule has 0 unspecified atom stereocenters. The quantitative estimate of drug-likeness (QED) is 0.647. The van der Waals surface area contributed by atoms with Crippen molar-refractivity contribution < 1.29 is 9.18 Å². The zero-order chi connectivity index (χ0) is 17.5. The molecule has 0 atom stereocenters. The Balaban J connectivity index is 2.11. The Kier molecular flexibility index (Phi) is 6.92. The van der Waals surface area contributed by atoms with Gasteiger partial charge in [-0.05, 0) is 42.5 Å². The molecule has 24 heavy (non-hydrogen) atoms. The first kappa shape index (κ1) is 18.6.